The highest BCUT2D eigenvalue weighted by atomic mass is 14.7. The monoisotopic (exact) mass is 248 g/mol. The predicted octanol–water partition coefficient (Wildman–Crippen LogP) is 4.26. The molecule has 0 aliphatic heterocycles. The van der Waals surface area contributed by atoms with Crippen molar-refractivity contribution in [3.05, 3.63) is 59.3 Å². The van der Waals surface area contributed by atoms with Crippen molar-refractivity contribution in [1.82, 2.24) is 4.98 Å². The summed E-state index contributed by atoms with van der Waals surface area (Å²) < 4.78 is 0. The summed E-state index contributed by atoms with van der Waals surface area (Å²) in [6, 6.07) is 7.80. The third kappa shape index (κ3) is 2.56. The smallest absolute Gasteiger partial charge is 0.0991 e. The number of nitrogens with zero attached hydrogens (tertiary/aromatic N) is 2. The van der Waals surface area contributed by atoms with Gasteiger partial charge in [-0.2, -0.15) is 5.26 Å². The summed E-state index contributed by atoms with van der Waals surface area (Å²) in [5, 5.41) is 10.0. The van der Waals surface area contributed by atoms with Gasteiger partial charge < -0.3 is 0 Å². The molecule has 2 aromatic rings. The molecule has 94 valence electrons. The maximum atomic E-state index is 8.96. The SMILES string of the molecule is CC.N#Cc1ccc2ncc3c(c2c1)C=CC=CC3. The second kappa shape index (κ2) is 5.97. The van der Waals surface area contributed by atoms with Gasteiger partial charge in [-0.25, -0.2) is 0 Å². The van der Waals surface area contributed by atoms with Gasteiger partial charge in [0.15, 0.2) is 0 Å². The van der Waals surface area contributed by atoms with Crippen LogP contribution in [0.5, 0.6) is 0 Å². The number of allylic oxidation sites excluding steroid dienone is 3. The highest BCUT2D eigenvalue weighted by Crippen LogP contribution is 2.25. The van der Waals surface area contributed by atoms with E-state index in [0.717, 1.165) is 17.3 Å². The molecule has 1 aliphatic carbocycles. The van der Waals surface area contributed by atoms with Crippen LogP contribution >= 0.6 is 0 Å². The summed E-state index contributed by atoms with van der Waals surface area (Å²) in [5.41, 5.74) is 4.00. The molecule has 2 nitrogen and oxygen atoms in total. The Labute approximate surface area is 113 Å². The molecule has 0 fully saturated rings. The number of hydrogen-bond acceptors (Lipinski definition) is 2. The summed E-state index contributed by atoms with van der Waals surface area (Å²) in [4.78, 5) is 4.43. The first kappa shape index (κ1) is 13.0. The van der Waals surface area contributed by atoms with E-state index in [9.17, 15) is 0 Å². The molecule has 0 bridgehead atoms. The number of aromatic nitrogens is 1. The van der Waals surface area contributed by atoms with Gasteiger partial charge in [-0.1, -0.05) is 38.2 Å². The van der Waals surface area contributed by atoms with Crippen LogP contribution in [0, 0.1) is 11.3 Å². The molecule has 19 heavy (non-hydrogen) atoms. The number of fused-ring (bicyclic) bond motifs is 3. The van der Waals surface area contributed by atoms with Crippen molar-refractivity contribution < 1.29 is 0 Å². The molecule has 1 aromatic heterocycles. The predicted molar refractivity (Wildman–Crippen MR) is 79.7 cm³/mol. The van der Waals surface area contributed by atoms with Crippen molar-refractivity contribution in [1.29, 1.82) is 5.26 Å². The van der Waals surface area contributed by atoms with Crippen LogP contribution in [0.1, 0.15) is 30.5 Å². The largest absolute Gasteiger partial charge is 0.256 e. The second-order valence-electron chi connectivity index (χ2n) is 4.03. The van der Waals surface area contributed by atoms with E-state index >= 15 is 0 Å². The van der Waals surface area contributed by atoms with E-state index in [0.29, 0.717) is 5.56 Å². The first-order valence-corrected chi connectivity index (χ1v) is 6.53. The molecule has 0 unspecified atom stereocenters. The number of pyridine rings is 1. The van der Waals surface area contributed by atoms with E-state index in [1.807, 2.05) is 44.3 Å². The maximum absolute atomic E-state index is 8.96. The molecule has 1 aromatic carbocycles. The summed E-state index contributed by atoms with van der Waals surface area (Å²) in [6.07, 6.45) is 11.1. The number of nitriles is 1. The van der Waals surface area contributed by atoms with E-state index in [2.05, 4.69) is 23.2 Å². The molecule has 0 saturated carbocycles. The lowest BCUT2D eigenvalue weighted by molar-refractivity contribution is 1.22. The van der Waals surface area contributed by atoms with Crippen LogP contribution in [0.4, 0.5) is 0 Å². The van der Waals surface area contributed by atoms with Crippen molar-refractivity contribution in [2.45, 2.75) is 20.3 Å². The molecule has 0 atom stereocenters. The van der Waals surface area contributed by atoms with Gasteiger partial charge in [-0.3, -0.25) is 4.98 Å². The Morgan fingerprint density at radius 2 is 2.05 bits per heavy atom. The van der Waals surface area contributed by atoms with Gasteiger partial charge in [0, 0.05) is 11.6 Å². The summed E-state index contributed by atoms with van der Waals surface area (Å²) in [7, 11) is 0. The Balaban J connectivity index is 0.000000637. The number of benzene rings is 1. The fourth-order valence-corrected chi connectivity index (χ4v) is 2.11. The molecule has 1 aliphatic rings. The zero-order valence-electron chi connectivity index (χ0n) is 11.2. The minimum absolute atomic E-state index is 0.679. The lowest BCUT2D eigenvalue weighted by Crippen LogP contribution is -1.92. The second-order valence-corrected chi connectivity index (χ2v) is 4.03. The third-order valence-corrected chi connectivity index (χ3v) is 2.97. The molecular formula is C17H16N2. The van der Waals surface area contributed by atoms with E-state index < -0.39 is 0 Å². The van der Waals surface area contributed by atoms with E-state index in [-0.39, 0.29) is 0 Å². The van der Waals surface area contributed by atoms with Gasteiger partial charge in [-0.15, -0.1) is 0 Å². The van der Waals surface area contributed by atoms with E-state index in [1.54, 1.807) is 6.07 Å². The van der Waals surface area contributed by atoms with Gasteiger partial charge >= 0.3 is 0 Å². The van der Waals surface area contributed by atoms with Crippen LogP contribution in [-0.2, 0) is 6.42 Å². The third-order valence-electron chi connectivity index (χ3n) is 2.97. The normalized spacial score (nSPS) is 12.1. The van der Waals surface area contributed by atoms with Crippen LogP contribution in [-0.4, -0.2) is 4.98 Å². The average molecular weight is 248 g/mol. The maximum Gasteiger partial charge on any atom is 0.0991 e. The Morgan fingerprint density at radius 3 is 2.84 bits per heavy atom. The van der Waals surface area contributed by atoms with Crippen LogP contribution in [0.15, 0.2) is 42.6 Å². The van der Waals surface area contributed by atoms with Crippen molar-refractivity contribution in [3.8, 4) is 6.07 Å². The molecule has 0 radical (unpaired) electrons. The molecule has 0 amide bonds. The van der Waals surface area contributed by atoms with Gasteiger partial charge in [0.1, 0.15) is 0 Å². The molecule has 2 heteroatoms. The van der Waals surface area contributed by atoms with Crippen molar-refractivity contribution in [2.75, 3.05) is 0 Å². The van der Waals surface area contributed by atoms with Crippen molar-refractivity contribution in [3.63, 3.8) is 0 Å². The van der Waals surface area contributed by atoms with E-state index in [1.165, 1.54) is 11.1 Å². The fraction of sp³-hybridized carbons (Fsp3) is 0.176. The van der Waals surface area contributed by atoms with Crippen LogP contribution < -0.4 is 0 Å². The molecular weight excluding hydrogens is 232 g/mol. The van der Waals surface area contributed by atoms with Gasteiger partial charge in [0.05, 0.1) is 17.1 Å². The van der Waals surface area contributed by atoms with Crippen LogP contribution in [0.25, 0.3) is 17.0 Å². The minimum atomic E-state index is 0.679. The van der Waals surface area contributed by atoms with Gasteiger partial charge in [0.2, 0.25) is 0 Å². The fourth-order valence-electron chi connectivity index (χ4n) is 2.11. The van der Waals surface area contributed by atoms with Crippen molar-refractivity contribution in [2.24, 2.45) is 0 Å². The standard InChI is InChI=1S/C15H10N2.C2H6/c16-9-11-6-7-15-14(8-11)13-5-3-1-2-4-12(13)10-17-15;1-2/h1-3,5-8,10H,4H2;1-2H3. The number of rotatable bonds is 0. The summed E-state index contributed by atoms with van der Waals surface area (Å²) in [6.45, 7) is 4.00. The van der Waals surface area contributed by atoms with E-state index in [4.69, 9.17) is 5.26 Å². The van der Waals surface area contributed by atoms with Gasteiger partial charge in [0.25, 0.3) is 0 Å². The summed E-state index contributed by atoms with van der Waals surface area (Å²) in [5.74, 6) is 0. The quantitative estimate of drug-likeness (QED) is 0.698. The van der Waals surface area contributed by atoms with Crippen molar-refractivity contribution >= 4 is 17.0 Å². The molecule has 0 spiro atoms. The Hall–Kier alpha value is -2.40. The first-order valence-electron chi connectivity index (χ1n) is 6.53. The Bertz CT molecular complexity index is 688. The average Bonchev–Trinajstić information content (AvgIpc) is 2.74. The minimum Gasteiger partial charge on any atom is -0.256 e. The topological polar surface area (TPSA) is 36.7 Å². The Kier molecular flexibility index (Phi) is 4.10. The molecule has 1 heterocycles. The molecule has 3 rings (SSSR count). The Morgan fingerprint density at radius 1 is 1.21 bits per heavy atom. The highest BCUT2D eigenvalue weighted by molar-refractivity contribution is 5.90. The van der Waals surface area contributed by atoms with Crippen LogP contribution in [0.3, 0.4) is 0 Å². The highest BCUT2D eigenvalue weighted by Gasteiger charge is 2.07. The first-order chi connectivity index (χ1) is 9.38. The zero-order valence-corrected chi connectivity index (χ0v) is 11.2. The molecule has 0 saturated heterocycles. The van der Waals surface area contributed by atoms with Crippen LogP contribution in [0.2, 0.25) is 0 Å². The molecule has 0 N–H and O–H groups in total. The zero-order chi connectivity index (χ0) is 13.7. The number of hydrogen-bond donors (Lipinski definition) is 0. The lowest BCUT2D eigenvalue weighted by atomic mass is 10.0. The lowest BCUT2D eigenvalue weighted by Gasteiger charge is -2.07. The summed E-state index contributed by atoms with van der Waals surface area (Å²) >= 11 is 0. The van der Waals surface area contributed by atoms with Gasteiger partial charge in [-0.05, 0) is 35.7 Å².